The highest BCUT2D eigenvalue weighted by Crippen LogP contribution is 2.29. The first kappa shape index (κ1) is 20.8. The van der Waals surface area contributed by atoms with Gasteiger partial charge < -0.3 is 9.64 Å². The van der Waals surface area contributed by atoms with Gasteiger partial charge in [-0.3, -0.25) is 14.7 Å². The zero-order chi connectivity index (χ0) is 21.1. The number of likely N-dealkylation sites (tertiary alicyclic amines) is 1. The number of carbonyl (C=O) groups excluding carboxylic acids is 2. The van der Waals surface area contributed by atoms with Gasteiger partial charge in [0.15, 0.2) is 6.61 Å². The number of rotatable bonds is 4. The van der Waals surface area contributed by atoms with Gasteiger partial charge >= 0.3 is 5.97 Å². The number of amides is 1. The Hall–Kier alpha value is -2.47. The van der Waals surface area contributed by atoms with E-state index in [0.717, 1.165) is 73.9 Å². The van der Waals surface area contributed by atoms with Crippen LogP contribution in [-0.4, -0.2) is 58.9 Å². The standard InChI is InChI=1S/C24H31N3O3/c1-17(2)27-14-11-21-19(15-27)23(18-9-5-6-10-20(18)25-21)24(29)30-16-22(28)26-12-7-3-4-8-13-26/h5-6,9-10,17H,3-4,7-8,11-16H2,1-2H3. The van der Waals surface area contributed by atoms with Gasteiger partial charge in [-0.2, -0.15) is 0 Å². The first-order valence-corrected chi connectivity index (χ1v) is 11.1. The predicted molar refractivity (Wildman–Crippen MR) is 116 cm³/mol. The van der Waals surface area contributed by atoms with Crippen molar-refractivity contribution in [2.75, 3.05) is 26.2 Å². The minimum atomic E-state index is -0.418. The first-order chi connectivity index (χ1) is 14.5. The van der Waals surface area contributed by atoms with Gasteiger partial charge in [-0.15, -0.1) is 0 Å². The second-order valence-corrected chi connectivity index (χ2v) is 8.61. The maximum Gasteiger partial charge on any atom is 0.339 e. The molecular weight excluding hydrogens is 378 g/mol. The van der Waals surface area contributed by atoms with Crippen molar-refractivity contribution in [2.45, 2.75) is 58.5 Å². The number of ether oxygens (including phenoxy) is 1. The molecule has 1 amide bonds. The molecule has 0 saturated carbocycles. The van der Waals surface area contributed by atoms with Crippen LogP contribution in [0.15, 0.2) is 24.3 Å². The van der Waals surface area contributed by atoms with E-state index in [0.29, 0.717) is 18.2 Å². The third-order valence-corrected chi connectivity index (χ3v) is 6.30. The summed E-state index contributed by atoms with van der Waals surface area (Å²) in [7, 11) is 0. The number of esters is 1. The van der Waals surface area contributed by atoms with Crippen molar-refractivity contribution in [3.8, 4) is 0 Å². The van der Waals surface area contributed by atoms with E-state index in [-0.39, 0.29) is 12.5 Å². The van der Waals surface area contributed by atoms with Gasteiger partial charge in [0.1, 0.15) is 0 Å². The Balaban J connectivity index is 1.59. The molecule has 0 aliphatic carbocycles. The van der Waals surface area contributed by atoms with Gasteiger partial charge in [0.2, 0.25) is 0 Å². The van der Waals surface area contributed by atoms with Gasteiger partial charge in [0, 0.05) is 55.3 Å². The minimum absolute atomic E-state index is 0.0960. The second kappa shape index (κ2) is 9.13. The molecule has 1 aromatic heterocycles. The fourth-order valence-electron chi connectivity index (χ4n) is 4.50. The van der Waals surface area contributed by atoms with Crippen molar-refractivity contribution in [3.05, 3.63) is 41.1 Å². The molecule has 6 nitrogen and oxygen atoms in total. The molecule has 0 atom stereocenters. The zero-order valence-corrected chi connectivity index (χ0v) is 18.0. The molecule has 30 heavy (non-hydrogen) atoms. The van der Waals surface area contributed by atoms with Crippen molar-refractivity contribution >= 4 is 22.8 Å². The Kier molecular flexibility index (Phi) is 6.32. The Morgan fingerprint density at radius 3 is 2.53 bits per heavy atom. The third kappa shape index (κ3) is 4.33. The third-order valence-electron chi connectivity index (χ3n) is 6.30. The van der Waals surface area contributed by atoms with Crippen LogP contribution in [-0.2, 0) is 22.5 Å². The van der Waals surface area contributed by atoms with Gasteiger partial charge in [0.25, 0.3) is 5.91 Å². The maximum atomic E-state index is 13.2. The van der Waals surface area contributed by atoms with Crippen LogP contribution < -0.4 is 0 Å². The van der Waals surface area contributed by atoms with E-state index >= 15 is 0 Å². The van der Waals surface area contributed by atoms with Crippen molar-refractivity contribution < 1.29 is 14.3 Å². The molecule has 1 fully saturated rings. The largest absolute Gasteiger partial charge is 0.452 e. The number of carbonyl (C=O) groups is 2. The van der Waals surface area contributed by atoms with Crippen LogP contribution in [0.2, 0.25) is 0 Å². The van der Waals surface area contributed by atoms with E-state index in [9.17, 15) is 9.59 Å². The highest BCUT2D eigenvalue weighted by molar-refractivity contribution is 6.05. The fourth-order valence-corrected chi connectivity index (χ4v) is 4.50. The summed E-state index contributed by atoms with van der Waals surface area (Å²) in [6, 6.07) is 8.09. The quantitative estimate of drug-likeness (QED) is 0.723. The summed E-state index contributed by atoms with van der Waals surface area (Å²) in [5.41, 5.74) is 3.29. The molecular formula is C24H31N3O3. The SMILES string of the molecule is CC(C)N1CCc2nc3ccccc3c(C(=O)OCC(=O)N3CCCCCC3)c2C1. The van der Waals surface area contributed by atoms with E-state index in [1.807, 2.05) is 29.2 Å². The van der Waals surface area contributed by atoms with E-state index in [4.69, 9.17) is 9.72 Å². The molecule has 0 N–H and O–H groups in total. The number of nitrogens with zero attached hydrogens (tertiary/aromatic N) is 3. The molecule has 2 aliphatic rings. The van der Waals surface area contributed by atoms with Gasteiger partial charge in [-0.25, -0.2) is 4.79 Å². The van der Waals surface area contributed by atoms with Crippen molar-refractivity contribution in [2.24, 2.45) is 0 Å². The molecule has 0 spiro atoms. The number of aromatic nitrogens is 1. The Bertz CT molecular complexity index is 933. The summed E-state index contributed by atoms with van der Waals surface area (Å²) in [4.78, 5) is 34.8. The summed E-state index contributed by atoms with van der Waals surface area (Å²) in [5.74, 6) is -0.514. The number of benzene rings is 1. The molecule has 1 saturated heterocycles. The molecule has 2 aliphatic heterocycles. The van der Waals surface area contributed by atoms with Gasteiger partial charge in [-0.05, 0) is 32.8 Å². The Morgan fingerprint density at radius 2 is 1.80 bits per heavy atom. The summed E-state index contributed by atoms with van der Waals surface area (Å²) < 4.78 is 5.58. The smallest absolute Gasteiger partial charge is 0.339 e. The first-order valence-electron chi connectivity index (χ1n) is 11.1. The van der Waals surface area contributed by atoms with Crippen LogP contribution in [0.4, 0.5) is 0 Å². The number of pyridine rings is 1. The van der Waals surface area contributed by atoms with Crippen LogP contribution >= 0.6 is 0 Å². The van der Waals surface area contributed by atoms with Crippen molar-refractivity contribution in [1.29, 1.82) is 0 Å². The van der Waals surface area contributed by atoms with E-state index in [1.54, 1.807) is 0 Å². The number of para-hydroxylation sites is 1. The highest BCUT2D eigenvalue weighted by Gasteiger charge is 2.28. The van der Waals surface area contributed by atoms with E-state index < -0.39 is 5.97 Å². The van der Waals surface area contributed by atoms with Crippen LogP contribution in [0.5, 0.6) is 0 Å². The monoisotopic (exact) mass is 409 g/mol. The topological polar surface area (TPSA) is 62.7 Å². The number of hydrogen-bond acceptors (Lipinski definition) is 5. The lowest BCUT2D eigenvalue weighted by atomic mass is 9.95. The summed E-state index contributed by atoms with van der Waals surface area (Å²) in [6.45, 7) is 7.25. The average molecular weight is 410 g/mol. The van der Waals surface area contributed by atoms with E-state index in [2.05, 4.69) is 18.7 Å². The Morgan fingerprint density at radius 1 is 1.07 bits per heavy atom. The fraction of sp³-hybridized carbons (Fsp3) is 0.542. The van der Waals surface area contributed by atoms with Crippen LogP contribution in [0.3, 0.4) is 0 Å². The summed E-state index contributed by atoms with van der Waals surface area (Å²) in [5, 5.41) is 0.800. The average Bonchev–Trinajstić information content (AvgIpc) is 3.04. The summed E-state index contributed by atoms with van der Waals surface area (Å²) >= 11 is 0. The van der Waals surface area contributed by atoms with Crippen molar-refractivity contribution in [3.63, 3.8) is 0 Å². The molecule has 0 radical (unpaired) electrons. The lowest BCUT2D eigenvalue weighted by Crippen LogP contribution is -2.38. The molecule has 0 bridgehead atoms. The van der Waals surface area contributed by atoms with Crippen molar-refractivity contribution in [1.82, 2.24) is 14.8 Å². The zero-order valence-electron chi connectivity index (χ0n) is 18.0. The maximum absolute atomic E-state index is 13.2. The lowest BCUT2D eigenvalue weighted by Gasteiger charge is -2.32. The number of fused-ring (bicyclic) bond motifs is 2. The molecule has 4 rings (SSSR count). The predicted octanol–water partition coefficient (Wildman–Crippen LogP) is 3.56. The molecule has 1 aromatic carbocycles. The second-order valence-electron chi connectivity index (χ2n) is 8.61. The lowest BCUT2D eigenvalue weighted by molar-refractivity contribution is -0.134. The van der Waals surface area contributed by atoms with Crippen LogP contribution in [0.25, 0.3) is 10.9 Å². The molecule has 0 unspecified atom stereocenters. The molecule has 160 valence electrons. The van der Waals surface area contributed by atoms with Gasteiger partial charge in [0.05, 0.1) is 11.1 Å². The molecule has 3 heterocycles. The van der Waals surface area contributed by atoms with Crippen LogP contribution in [0, 0.1) is 0 Å². The van der Waals surface area contributed by atoms with E-state index in [1.165, 1.54) is 0 Å². The van der Waals surface area contributed by atoms with Gasteiger partial charge in [-0.1, -0.05) is 31.0 Å². The molecule has 6 heteroatoms. The highest BCUT2D eigenvalue weighted by atomic mass is 16.5. The molecule has 2 aromatic rings. The minimum Gasteiger partial charge on any atom is -0.452 e. The summed E-state index contributed by atoms with van der Waals surface area (Å²) in [6.07, 6.45) is 5.17. The Labute approximate surface area is 178 Å². The number of hydrogen-bond donors (Lipinski definition) is 0. The van der Waals surface area contributed by atoms with Crippen LogP contribution in [0.1, 0.15) is 61.1 Å². The normalized spacial score (nSPS) is 17.6.